The number of hydrogen-bond acceptors (Lipinski definition) is 2. The Kier molecular flexibility index (Phi) is 4.90. The lowest BCUT2D eigenvalue weighted by molar-refractivity contribution is 0.684. The van der Waals surface area contributed by atoms with Crippen molar-refractivity contribution in [2.24, 2.45) is 5.14 Å². The van der Waals surface area contributed by atoms with Gasteiger partial charge in [0.1, 0.15) is 16.8 Å². The lowest BCUT2D eigenvalue weighted by Gasteiger charge is -2.06. The predicted molar refractivity (Wildman–Crippen MR) is 113 cm³/mol. The number of nitrogens with zero attached hydrogens (tertiary/aromatic N) is 1. The first-order valence-electron chi connectivity index (χ1n) is 8.30. The standard InChI is InChI=1S/C21H16ClN3OS/c22-17-7-3-1-5-14(17)10-12-21-24-18-11-9-15(13-19(18)25-21)16-6-2-4-8-20(16)27(23)26/h1-13H,23H2,(H,24,25)/b12-10+. The Morgan fingerprint density at radius 1 is 1.00 bits per heavy atom. The van der Waals surface area contributed by atoms with Gasteiger partial charge in [-0.15, -0.1) is 0 Å². The van der Waals surface area contributed by atoms with Gasteiger partial charge in [0, 0.05) is 5.02 Å². The van der Waals surface area contributed by atoms with Gasteiger partial charge < -0.3 is 4.98 Å². The second-order valence-electron chi connectivity index (χ2n) is 6.00. The van der Waals surface area contributed by atoms with Gasteiger partial charge in [-0.1, -0.05) is 54.1 Å². The number of hydrogen-bond donors (Lipinski definition) is 2. The van der Waals surface area contributed by atoms with Crippen molar-refractivity contribution in [1.29, 1.82) is 0 Å². The molecule has 0 aliphatic heterocycles. The van der Waals surface area contributed by atoms with Crippen LogP contribution in [0.15, 0.2) is 71.6 Å². The zero-order valence-electron chi connectivity index (χ0n) is 14.2. The van der Waals surface area contributed by atoms with E-state index >= 15 is 0 Å². The molecule has 0 saturated heterocycles. The molecule has 0 fully saturated rings. The third kappa shape index (κ3) is 3.71. The molecule has 0 bridgehead atoms. The number of H-pyrrole nitrogens is 1. The van der Waals surface area contributed by atoms with Crippen LogP contribution in [-0.2, 0) is 11.0 Å². The molecule has 0 amide bonds. The van der Waals surface area contributed by atoms with Crippen LogP contribution in [0.3, 0.4) is 0 Å². The molecule has 6 heteroatoms. The second-order valence-corrected chi connectivity index (χ2v) is 7.44. The molecule has 1 atom stereocenters. The van der Waals surface area contributed by atoms with E-state index in [-0.39, 0.29) is 0 Å². The number of nitrogens with one attached hydrogen (secondary N) is 1. The molecule has 0 spiro atoms. The highest BCUT2D eigenvalue weighted by Crippen LogP contribution is 2.28. The molecule has 134 valence electrons. The molecule has 1 heterocycles. The number of aromatic nitrogens is 2. The monoisotopic (exact) mass is 393 g/mol. The normalized spacial score (nSPS) is 12.7. The average Bonchev–Trinajstić information content (AvgIpc) is 3.09. The summed E-state index contributed by atoms with van der Waals surface area (Å²) in [5, 5.41) is 6.30. The van der Waals surface area contributed by atoms with Crippen molar-refractivity contribution in [3.8, 4) is 11.1 Å². The summed E-state index contributed by atoms with van der Waals surface area (Å²) < 4.78 is 11.8. The van der Waals surface area contributed by atoms with E-state index in [0.29, 0.717) is 9.92 Å². The lowest BCUT2D eigenvalue weighted by Crippen LogP contribution is -2.04. The van der Waals surface area contributed by atoms with Crippen molar-refractivity contribution in [3.63, 3.8) is 0 Å². The van der Waals surface area contributed by atoms with Gasteiger partial charge in [-0.25, -0.2) is 14.3 Å². The van der Waals surface area contributed by atoms with E-state index in [9.17, 15) is 4.21 Å². The smallest absolute Gasteiger partial charge is 0.131 e. The summed E-state index contributed by atoms with van der Waals surface area (Å²) in [7, 11) is -1.55. The largest absolute Gasteiger partial charge is 0.338 e. The van der Waals surface area contributed by atoms with Gasteiger partial charge in [-0.3, -0.25) is 0 Å². The summed E-state index contributed by atoms with van der Waals surface area (Å²) >= 11 is 6.18. The van der Waals surface area contributed by atoms with E-state index in [4.69, 9.17) is 16.7 Å². The van der Waals surface area contributed by atoms with E-state index in [0.717, 1.165) is 33.5 Å². The summed E-state index contributed by atoms with van der Waals surface area (Å²) in [5.41, 5.74) is 4.46. The van der Waals surface area contributed by atoms with Crippen molar-refractivity contribution in [2.75, 3.05) is 0 Å². The van der Waals surface area contributed by atoms with E-state index in [2.05, 4.69) is 9.97 Å². The molecule has 0 aliphatic rings. The molecule has 4 rings (SSSR count). The van der Waals surface area contributed by atoms with E-state index in [1.807, 2.05) is 72.8 Å². The molecule has 4 aromatic rings. The fourth-order valence-electron chi connectivity index (χ4n) is 2.94. The van der Waals surface area contributed by atoms with Gasteiger partial charge in [-0.05, 0) is 53.1 Å². The summed E-state index contributed by atoms with van der Waals surface area (Å²) in [5.74, 6) is 0.734. The number of fused-ring (bicyclic) bond motifs is 1. The number of benzene rings is 3. The maximum Gasteiger partial charge on any atom is 0.131 e. The van der Waals surface area contributed by atoms with Crippen LogP contribution in [0.4, 0.5) is 0 Å². The predicted octanol–water partition coefficient (Wildman–Crippen LogP) is 5.04. The highest BCUT2D eigenvalue weighted by atomic mass is 35.5. The summed E-state index contributed by atoms with van der Waals surface area (Å²) in [6, 6.07) is 20.9. The molecule has 0 saturated carbocycles. The number of halogens is 1. The molecule has 4 nitrogen and oxygen atoms in total. The van der Waals surface area contributed by atoms with Crippen LogP contribution < -0.4 is 5.14 Å². The Labute approximate surface area is 164 Å². The van der Waals surface area contributed by atoms with Gasteiger partial charge >= 0.3 is 0 Å². The van der Waals surface area contributed by atoms with Gasteiger partial charge in [-0.2, -0.15) is 0 Å². The van der Waals surface area contributed by atoms with Crippen molar-refractivity contribution in [2.45, 2.75) is 4.90 Å². The van der Waals surface area contributed by atoms with E-state index in [1.54, 1.807) is 6.07 Å². The Morgan fingerprint density at radius 3 is 2.59 bits per heavy atom. The second kappa shape index (κ2) is 7.48. The van der Waals surface area contributed by atoms with Crippen molar-refractivity contribution in [3.05, 3.63) is 83.1 Å². The van der Waals surface area contributed by atoms with Crippen molar-refractivity contribution in [1.82, 2.24) is 9.97 Å². The minimum absolute atomic E-state index is 0.607. The van der Waals surface area contributed by atoms with Crippen LogP contribution in [0.1, 0.15) is 11.4 Å². The van der Waals surface area contributed by atoms with Crippen LogP contribution in [0.2, 0.25) is 5.02 Å². The minimum atomic E-state index is -1.55. The molecule has 1 unspecified atom stereocenters. The zero-order valence-corrected chi connectivity index (χ0v) is 15.8. The van der Waals surface area contributed by atoms with Crippen molar-refractivity contribution < 1.29 is 4.21 Å². The fraction of sp³-hybridized carbons (Fsp3) is 0. The Hall–Kier alpha value is -2.73. The minimum Gasteiger partial charge on any atom is -0.338 e. The van der Waals surface area contributed by atoms with Crippen molar-refractivity contribution >= 4 is 45.8 Å². The molecule has 3 N–H and O–H groups in total. The first-order chi connectivity index (χ1) is 13.1. The highest BCUT2D eigenvalue weighted by Gasteiger charge is 2.10. The molecular weight excluding hydrogens is 378 g/mol. The third-order valence-corrected chi connectivity index (χ3v) is 5.37. The highest BCUT2D eigenvalue weighted by molar-refractivity contribution is 7.82. The van der Waals surface area contributed by atoms with Gasteiger partial charge in [0.05, 0.1) is 15.9 Å². The number of rotatable bonds is 4. The first kappa shape index (κ1) is 17.7. The summed E-state index contributed by atoms with van der Waals surface area (Å²) in [6.45, 7) is 0. The van der Waals surface area contributed by atoms with E-state index in [1.165, 1.54) is 0 Å². The number of nitrogens with two attached hydrogens (primary N) is 1. The van der Waals surface area contributed by atoms with E-state index < -0.39 is 11.0 Å². The van der Waals surface area contributed by atoms with Gasteiger partial charge in [0.25, 0.3) is 0 Å². The van der Waals surface area contributed by atoms with Gasteiger partial charge in [0.15, 0.2) is 0 Å². The van der Waals surface area contributed by atoms with Crippen LogP contribution in [0.5, 0.6) is 0 Å². The maximum atomic E-state index is 11.8. The zero-order chi connectivity index (χ0) is 18.8. The number of imidazole rings is 1. The maximum absolute atomic E-state index is 11.8. The van der Waals surface area contributed by atoms with Crippen LogP contribution >= 0.6 is 11.6 Å². The van der Waals surface area contributed by atoms with Crippen LogP contribution in [-0.4, -0.2) is 14.2 Å². The summed E-state index contributed by atoms with van der Waals surface area (Å²) in [4.78, 5) is 8.48. The quantitative estimate of drug-likeness (QED) is 0.510. The molecule has 27 heavy (non-hydrogen) atoms. The molecular formula is C21H16ClN3OS. The molecule has 1 aromatic heterocycles. The Bertz CT molecular complexity index is 1180. The molecule has 0 radical (unpaired) electrons. The van der Waals surface area contributed by atoms with Crippen LogP contribution in [0, 0.1) is 0 Å². The molecule has 3 aromatic carbocycles. The third-order valence-electron chi connectivity index (χ3n) is 4.24. The fourth-order valence-corrected chi connectivity index (χ4v) is 3.75. The Morgan fingerprint density at radius 2 is 1.78 bits per heavy atom. The molecule has 0 aliphatic carbocycles. The first-order valence-corrected chi connectivity index (χ1v) is 9.89. The lowest BCUT2D eigenvalue weighted by atomic mass is 10.1. The van der Waals surface area contributed by atoms with Gasteiger partial charge in [0.2, 0.25) is 0 Å². The Balaban J connectivity index is 1.71. The van der Waals surface area contributed by atoms with Crippen LogP contribution in [0.25, 0.3) is 34.3 Å². The SMILES string of the molecule is NS(=O)c1ccccc1-c1ccc2nc(/C=C/c3ccccc3Cl)[nH]c2c1. The number of aromatic amines is 1. The summed E-state index contributed by atoms with van der Waals surface area (Å²) in [6.07, 6.45) is 3.82. The topological polar surface area (TPSA) is 71.8 Å². The average molecular weight is 394 g/mol.